The number of para-hydroxylation sites is 2. The Balaban J connectivity index is 1.75. The average molecular weight is 575 g/mol. The minimum absolute atomic E-state index is 0.147. The summed E-state index contributed by atoms with van der Waals surface area (Å²) in [4.78, 5) is 24.9. The first-order chi connectivity index (χ1) is 16.8. The van der Waals surface area contributed by atoms with E-state index in [4.69, 9.17) is 32.7 Å². The molecule has 0 aromatic heterocycles. The molecular weight excluding hydrogens is 557 g/mol. The van der Waals surface area contributed by atoms with Gasteiger partial charge in [-0.3, -0.25) is 9.59 Å². The van der Waals surface area contributed by atoms with Gasteiger partial charge in [0.05, 0.1) is 33.0 Å². The summed E-state index contributed by atoms with van der Waals surface area (Å²) in [7, 11) is 1.43. The van der Waals surface area contributed by atoms with Crippen molar-refractivity contribution in [3.05, 3.63) is 86.3 Å². The quantitative estimate of drug-likeness (QED) is 0.242. The van der Waals surface area contributed by atoms with Crippen molar-refractivity contribution in [2.75, 3.05) is 24.4 Å². The van der Waals surface area contributed by atoms with E-state index in [9.17, 15) is 14.9 Å². The van der Waals surface area contributed by atoms with E-state index in [1.54, 1.807) is 60.7 Å². The zero-order chi connectivity index (χ0) is 25.4. The van der Waals surface area contributed by atoms with Crippen molar-refractivity contribution >= 4 is 68.4 Å². The molecule has 178 valence electrons. The number of nitrogens with one attached hydrogen (secondary N) is 2. The molecule has 35 heavy (non-hydrogen) atoms. The van der Waals surface area contributed by atoms with Crippen LogP contribution in [-0.4, -0.2) is 25.5 Å². The molecule has 3 aromatic carbocycles. The van der Waals surface area contributed by atoms with Crippen molar-refractivity contribution < 1.29 is 19.1 Å². The molecule has 0 heterocycles. The van der Waals surface area contributed by atoms with Crippen molar-refractivity contribution in [1.29, 1.82) is 5.26 Å². The van der Waals surface area contributed by atoms with Gasteiger partial charge in [-0.05, 0) is 64.0 Å². The Kier molecular flexibility index (Phi) is 9.15. The summed E-state index contributed by atoms with van der Waals surface area (Å²) in [5, 5.41) is 15.5. The molecular formula is C25H18BrCl2N3O4. The highest BCUT2D eigenvalue weighted by Gasteiger charge is 2.16. The molecule has 0 aliphatic rings. The van der Waals surface area contributed by atoms with E-state index in [1.807, 2.05) is 6.07 Å². The second-order valence-corrected chi connectivity index (χ2v) is 8.62. The zero-order valence-electron chi connectivity index (χ0n) is 18.3. The van der Waals surface area contributed by atoms with E-state index < -0.39 is 11.8 Å². The molecule has 3 aromatic rings. The van der Waals surface area contributed by atoms with E-state index >= 15 is 0 Å². The van der Waals surface area contributed by atoms with Crippen LogP contribution in [0.1, 0.15) is 5.56 Å². The van der Waals surface area contributed by atoms with Crippen LogP contribution in [0.25, 0.3) is 6.08 Å². The summed E-state index contributed by atoms with van der Waals surface area (Å²) in [6.45, 7) is -0.306. The van der Waals surface area contributed by atoms with E-state index in [2.05, 4.69) is 26.6 Å². The number of carbonyl (C=O) groups is 2. The molecule has 0 saturated carbocycles. The van der Waals surface area contributed by atoms with Gasteiger partial charge in [0, 0.05) is 0 Å². The van der Waals surface area contributed by atoms with Crippen LogP contribution in [0.2, 0.25) is 10.0 Å². The summed E-state index contributed by atoms with van der Waals surface area (Å²) in [5.74, 6) is -0.468. The molecule has 2 amide bonds. The molecule has 0 spiro atoms. The summed E-state index contributed by atoms with van der Waals surface area (Å²) in [5.41, 5.74) is 1.20. The normalized spacial score (nSPS) is 10.8. The van der Waals surface area contributed by atoms with Gasteiger partial charge in [-0.1, -0.05) is 47.5 Å². The van der Waals surface area contributed by atoms with Crippen LogP contribution in [0.3, 0.4) is 0 Å². The predicted molar refractivity (Wildman–Crippen MR) is 140 cm³/mol. The molecule has 0 saturated heterocycles. The van der Waals surface area contributed by atoms with Gasteiger partial charge >= 0.3 is 0 Å². The van der Waals surface area contributed by atoms with E-state index in [0.717, 1.165) is 0 Å². The third-order valence-electron chi connectivity index (χ3n) is 4.55. The Labute approximate surface area is 220 Å². The minimum atomic E-state index is -0.618. The van der Waals surface area contributed by atoms with Gasteiger partial charge in [0.15, 0.2) is 18.1 Å². The van der Waals surface area contributed by atoms with Crippen molar-refractivity contribution in [2.45, 2.75) is 0 Å². The Morgan fingerprint density at radius 2 is 1.63 bits per heavy atom. The lowest BCUT2D eigenvalue weighted by atomic mass is 10.1. The van der Waals surface area contributed by atoms with E-state index in [-0.39, 0.29) is 17.9 Å². The second-order valence-electron chi connectivity index (χ2n) is 6.95. The first kappa shape index (κ1) is 26.1. The largest absolute Gasteiger partial charge is 0.493 e. The van der Waals surface area contributed by atoms with Gasteiger partial charge in [0.2, 0.25) is 0 Å². The molecule has 0 aliphatic heterocycles. The smallest absolute Gasteiger partial charge is 0.266 e. The Morgan fingerprint density at radius 3 is 2.20 bits per heavy atom. The van der Waals surface area contributed by atoms with Crippen molar-refractivity contribution in [3.8, 4) is 17.6 Å². The summed E-state index contributed by atoms with van der Waals surface area (Å²) >= 11 is 15.5. The third kappa shape index (κ3) is 6.99. The van der Waals surface area contributed by atoms with E-state index in [1.165, 1.54) is 13.2 Å². The standard InChI is InChI=1S/C25H18BrCl2N3O4/c1-34-22-12-15(10-16(13-29)25(33)31-21-9-5-3-7-19(21)28)11-17(26)24(22)35-14-23(32)30-20-8-4-2-6-18(20)27/h2-12H,14H2,1H3,(H,30,32)(H,31,33)/b16-10+. The fraction of sp³-hybridized carbons (Fsp3) is 0.0800. The SMILES string of the molecule is COc1cc(/C=C(\C#N)C(=O)Nc2ccccc2Cl)cc(Br)c1OCC(=O)Nc1ccccc1Cl. The number of halogens is 3. The molecule has 0 atom stereocenters. The predicted octanol–water partition coefficient (Wildman–Crippen LogP) is 6.33. The number of methoxy groups -OCH3 is 1. The van der Waals surface area contributed by atoms with Crippen LogP contribution in [-0.2, 0) is 9.59 Å². The molecule has 7 nitrogen and oxygen atoms in total. The fourth-order valence-electron chi connectivity index (χ4n) is 2.92. The fourth-order valence-corrected chi connectivity index (χ4v) is 3.86. The lowest BCUT2D eigenvalue weighted by Crippen LogP contribution is -2.20. The van der Waals surface area contributed by atoms with Crippen molar-refractivity contribution in [1.82, 2.24) is 0 Å². The number of nitrogens with zero attached hydrogens (tertiary/aromatic N) is 1. The van der Waals surface area contributed by atoms with Crippen LogP contribution >= 0.6 is 39.1 Å². The molecule has 0 unspecified atom stereocenters. The molecule has 0 aliphatic carbocycles. The van der Waals surface area contributed by atoms with Gasteiger partial charge < -0.3 is 20.1 Å². The molecule has 0 radical (unpaired) electrons. The minimum Gasteiger partial charge on any atom is -0.493 e. The number of carbonyl (C=O) groups excluding carboxylic acids is 2. The highest BCUT2D eigenvalue weighted by molar-refractivity contribution is 9.10. The monoisotopic (exact) mass is 573 g/mol. The number of hydrogen-bond acceptors (Lipinski definition) is 5. The van der Waals surface area contributed by atoms with Crippen molar-refractivity contribution in [2.24, 2.45) is 0 Å². The summed E-state index contributed by atoms with van der Waals surface area (Å²) < 4.78 is 11.5. The second kappa shape index (κ2) is 12.3. The van der Waals surface area contributed by atoms with Crippen molar-refractivity contribution in [3.63, 3.8) is 0 Å². The number of amides is 2. The molecule has 0 bridgehead atoms. The highest BCUT2D eigenvalue weighted by atomic mass is 79.9. The number of rotatable bonds is 8. The number of nitriles is 1. The Bertz CT molecular complexity index is 1340. The number of benzene rings is 3. The zero-order valence-corrected chi connectivity index (χ0v) is 21.4. The van der Waals surface area contributed by atoms with Gasteiger partial charge in [-0.25, -0.2) is 0 Å². The maximum Gasteiger partial charge on any atom is 0.266 e. The number of ether oxygens (including phenoxy) is 2. The van der Waals surface area contributed by atoms with Gasteiger partial charge in [0.1, 0.15) is 11.6 Å². The number of hydrogen-bond donors (Lipinski definition) is 2. The van der Waals surface area contributed by atoms with Gasteiger partial charge in [0.25, 0.3) is 11.8 Å². The molecule has 0 fully saturated rings. The Hall–Kier alpha value is -3.51. The number of anilines is 2. The molecule has 2 N–H and O–H groups in total. The topological polar surface area (TPSA) is 100 Å². The van der Waals surface area contributed by atoms with Crippen LogP contribution in [0.15, 0.2) is 70.7 Å². The average Bonchev–Trinajstić information content (AvgIpc) is 2.84. The lowest BCUT2D eigenvalue weighted by Gasteiger charge is -2.14. The van der Waals surface area contributed by atoms with Crippen LogP contribution in [0.4, 0.5) is 11.4 Å². The van der Waals surface area contributed by atoms with E-state index in [0.29, 0.717) is 37.2 Å². The van der Waals surface area contributed by atoms with Crippen LogP contribution in [0.5, 0.6) is 11.5 Å². The Morgan fingerprint density at radius 1 is 1.03 bits per heavy atom. The highest BCUT2D eigenvalue weighted by Crippen LogP contribution is 2.37. The summed E-state index contributed by atoms with van der Waals surface area (Å²) in [6.07, 6.45) is 1.40. The van der Waals surface area contributed by atoms with Gasteiger partial charge in [-0.2, -0.15) is 5.26 Å². The summed E-state index contributed by atoms with van der Waals surface area (Å²) in [6, 6.07) is 18.6. The molecule has 3 rings (SSSR count). The third-order valence-corrected chi connectivity index (χ3v) is 5.79. The molecule has 10 heteroatoms. The first-order valence-corrected chi connectivity index (χ1v) is 11.6. The van der Waals surface area contributed by atoms with Crippen LogP contribution in [0, 0.1) is 11.3 Å². The van der Waals surface area contributed by atoms with Gasteiger partial charge in [-0.15, -0.1) is 0 Å². The van der Waals surface area contributed by atoms with Crippen LogP contribution < -0.4 is 20.1 Å². The lowest BCUT2D eigenvalue weighted by molar-refractivity contribution is -0.118. The first-order valence-electron chi connectivity index (χ1n) is 10.0. The maximum absolute atomic E-state index is 12.6. The maximum atomic E-state index is 12.6.